The zero-order valence-corrected chi connectivity index (χ0v) is 7.99. The molecule has 0 aromatic carbocycles. The van der Waals surface area contributed by atoms with E-state index in [2.05, 4.69) is 61.5 Å². The van der Waals surface area contributed by atoms with Gasteiger partial charge in [-0.25, -0.2) is 0 Å². The Morgan fingerprint density at radius 3 is 1.85 bits per heavy atom. The van der Waals surface area contributed by atoms with Gasteiger partial charge in [0.05, 0.1) is 0 Å². The Labute approximate surface area is 79.0 Å². The molecule has 0 atom stereocenters. The van der Waals surface area contributed by atoms with Crippen LogP contribution in [0.5, 0.6) is 0 Å². The minimum Gasteiger partial charge on any atom is -0.378 e. The fraction of sp³-hybridized carbons (Fsp3) is 0.167. The minimum absolute atomic E-state index is 1.27. The van der Waals surface area contributed by atoms with Crippen molar-refractivity contribution in [3.8, 4) is 11.1 Å². The van der Waals surface area contributed by atoms with E-state index in [1.54, 1.807) is 0 Å². The maximum absolute atomic E-state index is 2.20. The topological polar surface area (TPSA) is 3.24 Å². The molecule has 0 amide bonds. The van der Waals surface area contributed by atoms with Crippen LogP contribution >= 0.6 is 0 Å². The van der Waals surface area contributed by atoms with E-state index in [-0.39, 0.29) is 0 Å². The Hall–Kier alpha value is -1.50. The van der Waals surface area contributed by atoms with Gasteiger partial charge in [-0.1, -0.05) is 30.3 Å². The zero-order chi connectivity index (χ0) is 9.26. The molecule has 0 aromatic heterocycles. The highest BCUT2D eigenvalue weighted by molar-refractivity contribution is 5.75. The van der Waals surface area contributed by atoms with Gasteiger partial charge in [-0.15, -0.1) is 0 Å². The number of hydrogen-bond donors (Lipinski definition) is 0. The van der Waals surface area contributed by atoms with Crippen LogP contribution in [-0.2, 0) is 0 Å². The lowest BCUT2D eigenvalue weighted by Crippen LogP contribution is -2.06. The lowest BCUT2D eigenvalue weighted by Gasteiger charge is -2.07. The van der Waals surface area contributed by atoms with Crippen molar-refractivity contribution in [1.29, 1.82) is 0 Å². The molecule has 2 rings (SSSR count). The van der Waals surface area contributed by atoms with E-state index in [1.165, 1.54) is 16.8 Å². The van der Waals surface area contributed by atoms with Crippen LogP contribution in [0.4, 0.5) is 5.69 Å². The first-order valence-electron chi connectivity index (χ1n) is 4.43. The fourth-order valence-electron chi connectivity index (χ4n) is 1.46. The SMILES string of the molecule is CN(C)c1cc2cccccc-2c1. The van der Waals surface area contributed by atoms with Crippen molar-refractivity contribution < 1.29 is 0 Å². The van der Waals surface area contributed by atoms with Crippen molar-refractivity contribution in [1.82, 2.24) is 0 Å². The Morgan fingerprint density at radius 1 is 0.846 bits per heavy atom. The summed E-state index contributed by atoms with van der Waals surface area (Å²) in [5.41, 5.74) is 3.86. The van der Waals surface area contributed by atoms with Crippen LogP contribution in [0.25, 0.3) is 11.1 Å². The van der Waals surface area contributed by atoms with Crippen molar-refractivity contribution in [2.24, 2.45) is 0 Å². The third-order valence-corrected chi connectivity index (χ3v) is 2.23. The number of rotatable bonds is 1. The Balaban J connectivity index is 2.57. The number of anilines is 1. The summed E-state index contributed by atoms with van der Waals surface area (Å²) in [4.78, 5) is 2.12. The predicted octanol–water partition coefficient (Wildman–Crippen LogP) is 2.86. The highest BCUT2D eigenvalue weighted by atomic mass is 15.1. The highest BCUT2D eigenvalue weighted by Crippen LogP contribution is 2.29. The van der Waals surface area contributed by atoms with Gasteiger partial charge >= 0.3 is 0 Å². The zero-order valence-electron chi connectivity index (χ0n) is 7.99. The minimum atomic E-state index is 1.27. The molecule has 0 radical (unpaired) electrons. The summed E-state index contributed by atoms with van der Waals surface area (Å²) in [5, 5.41) is 0. The maximum Gasteiger partial charge on any atom is 0.0373 e. The lowest BCUT2D eigenvalue weighted by molar-refractivity contribution is 1.14. The van der Waals surface area contributed by atoms with Crippen LogP contribution in [-0.4, -0.2) is 14.1 Å². The van der Waals surface area contributed by atoms with E-state index in [4.69, 9.17) is 0 Å². The second-order valence-corrected chi connectivity index (χ2v) is 3.43. The number of nitrogens with zero attached hydrogens (tertiary/aromatic N) is 1. The maximum atomic E-state index is 2.20. The molecule has 0 bridgehead atoms. The molecule has 1 nitrogen and oxygen atoms in total. The van der Waals surface area contributed by atoms with Crippen LogP contribution in [0.15, 0.2) is 42.5 Å². The summed E-state index contributed by atoms with van der Waals surface area (Å²) in [6.07, 6.45) is 0. The lowest BCUT2D eigenvalue weighted by atomic mass is 10.2. The quantitative estimate of drug-likeness (QED) is 0.637. The average Bonchev–Trinajstić information content (AvgIpc) is 2.38. The van der Waals surface area contributed by atoms with Crippen molar-refractivity contribution in [3.05, 3.63) is 42.5 Å². The molecule has 0 aromatic rings. The highest BCUT2D eigenvalue weighted by Gasteiger charge is 2.04. The fourth-order valence-corrected chi connectivity index (χ4v) is 1.46. The molecule has 1 heteroatoms. The van der Waals surface area contributed by atoms with Crippen molar-refractivity contribution in [2.75, 3.05) is 19.0 Å². The van der Waals surface area contributed by atoms with Crippen LogP contribution in [0.1, 0.15) is 0 Å². The summed E-state index contributed by atoms with van der Waals surface area (Å²) < 4.78 is 0. The second-order valence-electron chi connectivity index (χ2n) is 3.43. The summed E-state index contributed by atoms with van der Waals surface area (Å²) in [7, 11) is 4.13. The second kappa shape index (κ2) is 3.09. The number of fused-ring (bicyclic) bond motifs is 1. The van der Waals surface area contributed by atoms with Gasteiger partial charge in [0.2, 0.25) is 0 Å². The molecule has 66 valence electrons. The summed E-state index contributed by atoms with van der Waals surface area (Å²) >= 11 is 0. The van der Waals surface area contributed by atoms with E-state index in [1.807, 2.05) is 0 Å². The van der Waals surface area contributed by atoms with Crippen molar-refractivity contribution >= 4 is 5.69 Å². The van der Waals surface area contributed by atoms with E-state index in [9.17, 15) is 0 Å². The Morgan fingerprint density at radius 2 is 1.38 bits per heavy atom. The largest absolute Gasteiger partial charge is 0.378 e. The third kappa shape index (κ3) is 1.50. The van der Waals surface area contributed by atoms with E-state index < -0.39 is 0 Å². The van der Waals surface area contributed by atoms with Crippen molar-refractivity contribution in [2.45, 2.75) is 0 Å². The molecule has 0 spiro atoms. The van der Waals surface area contributed by atoms with E-state index >= 15 is 0 Å². The Bertz CT molecular complexity index is 348. The van der Waals surface area contributed by atoms with Gasteiger partial charge in [0.25, 0.3) is 0 Å². The summed E-state index contributed by atoms with van der Waals surface area (Å²) in [5.74, 6) is 0. The molecule has 0 unspecified atom stereocenters. The molecule has 0 N–H and O–H groups in total. The van der Waals surface area contributed by atoms with Crippen LogP contribution in [0.3, 0.4) is 0 Å². The average molecular weight is 171 g/mol. The van der Waals surface area contributed by atoms with Gasteiger partial charge in [-0.2, -0.15) is 0 Å². The predicted molar refractivity (Wildman–Crippen MR) is 57.4 cm³/mol. The molecular weight excluding hydrogens is 158 g/mol. The third-order valence-electron chi connectivity index (χ3n) is 2.23. The molecule has 0 saturated carbocycles. The first-order valence-corrected chi connectivity index (χ1v) is 4.43. The number of hydrogen-bond acceptors (Lipinski definition) is 1. The molecule has 0 fully saturated rings. The van der Waals surface area contributed by atoms with Gasteiger partial charge in [-0.05, 0) is 23.3 Å². The normalized spacial score (nSPS) is 10.3. The van der Waals surface area contributed by atoms with Crippen LogP contribution in [0, 0.1) is 0 Å². The van der Waals surface area contributed by atoms with E-state index in [0.717, 1.165) is 0 Å². The molecular formula is C12H13N. The molecule has 13 heavy (non-hydrogen) atoms. The van der Waals surface area contributed by atoms with Gasteiger partial charge < -0.3 is 4.90 Å². The summed E-state index contributed by atoms with van der Waals surface area (Å²) in [6, 6.07) is 14.9. The molecule has 2 aliphatic carbocycles. The Kier molecular flexibility index (Phi) is 1.93. The standard InChI is InChI=1S/C12H13N/c1-13(2)12-8-10-6-4-3-5-7-11(10)9-12/h3-9H,1-2H3. The monoisotopic (exact) mass is 171 g/mol. The van der Waals surface area contributed by atoms with Crippen LogP contribution in [0.2, 0.25) is 0 Å². The smallest absolute Gasteiger partial charge is 0.0373 e. The van der Waals surface area contributed by atoms with Gasteiger partial charge in [0.1, 0.15) is 0 Å². The van der Waals surface area contributed by atoms with Gasteiger partial charge in [0, 0.05) is 19.8 Å². The molecule has 0 heterocycles. The summed E-state index contributed by atoms with van der Waals surface area (Å²) in [6.45, 7) is 0. The molecule has 0 saturated heterocycles. The van der Waals surface area contributed by atoms with Gasteiger partial charge in [0.15, 0.2) is 0 Å². The van der Waals surface area contributed by atoms with E-state index in [0.29, 0.717) is 0 Å². The van der Waals surface area contributed by atoms with Crippen molar-refractivity contribution in [3.63, 3.8) is 0 Å². The first-order chi connectivity index (χ1) is 6.27. The molecule has 2 aliphatic rings. The van der Waals surface area contributed by atoms with Crippen LogP contribution < -0.4 is 4.90 Å². The van der Waals surface area contributed by atoms with Gasteiger partial charge in [-0.3, -0.25) is 0 Å². The first kappa shape index (κ1) is 8.11. The molecule has 0 aliphatic heterocycles.